The molecule has 0 aromatic heterocycles. The topological polar surface area (TPSA) is 6.48 Å². The van der Waals surface area contributed by atoms with Crippen molar-refractivity contribution in [2.75, 3.05) is 9.80 Å². The summed E-state index contributed by atoms with van der Waals surface area (Å²) in [7, 11) is 0. The van der Waals surface area contributed by atoms with Crippen LogP contribution in [0.2, 0.25) is 0 Å². The average molecular weight is 837 g/mol. The molecule has 0 saturated carbocycles. The molecule has 2 heteroatoms. The Hall–Kier alpha value is -7.42. The van der Waals surface area contributed by atoms with Crippen molar-refractivity contribution in [3.8, 4) is 22.3 Å². The highest BCUT2D eigenvalue weighted by atomic mass is 15.2. The summed E-state index contributed by atoms with van der Waals surface area (Å²) in [6, 6.07) is 72.3. The Bertz CT molecular complexity index is 3400. The van der Waals surface area contributed by atoms with Gasteiger partial charge in [0.1, 0.15) is 0 Å². The van der Waals surface area contributed by atoms with Crippen LogP contribution in [0.15, 0.2) is 194 Å². The molecule has 0 amide bonds. The van der Waals surface area contributed by atoms with Crippen LogP contribution in [-0.2, 0) is 16.2 Å². The van der Waals surface area contributed by atoms with Crippen molar-refractivity contribution in [2.24, 2.45) is 0 Å². The largest absolute Gasteiger partial charge is 0.310 e. The number of nitrogens with zero attached hydrogens (tertiary/aromatic N) is 2. The standard InChI is InChI=1S/C63H52N2/c1-61(2)51-20-12-14-22-57(51)64(47-18-8-7-9-19-47)59-35-32-46(38-55(59)61)44-29-26-41(27-30-44)24-25-42-28-34-49-50-39-56-60(40-54(50)63(5,6)53(49)36-42)65(58-23-15-13-21-52(58)62(56,3)4)48-33-31-43-16-10-11-17-45(43)37-48/h7-40H,1-6H3/b25-24+. The van der Waals surface area contributed by atoms with Crippen molar-refractivity contribution < 1.29 is 0 Å². The monoisotopic (exact) mass is 836 g/mol. The van der Waals surface area contributed by atoms with Crippen LogP contribution in [0.1, 0.15) is 86.1 Å². The minimum absolute atomic E-state index is 0.151. The third-order valence-electron chi connectivity index (χ3n) is 15.0. The van der Waals surface area contributed by atoms with E-state index in [1.165, 1.54) is 112 Å². The van der Waals surface area contributed by atoms with E-state index >= 15 is 0 Å². The number of rotatable bonds is 5. The number of para-hydroxylation sites is 3. The number of benzene rings is 9. The molecule has 0 atom stereocenters. The summed E-state index contributed by atoms with van der Waals surface area (Å²) in [6.45, 7) is 14.3. The zero-order chi connectivity index (χ0) is 44.2. The van der Waals surface area contributed by atoms with E-state index in [1.54, 1.807) is 0 Å². The molecule has 9 aromatic carbocycles. The molecule has 0 unspecified atom stereocenters. The highest BCUT2D eigenvalue weighted by molar-refractivity contribution is 5.95. The summed E-state index contributed by atoms with van der Waals surface area (Å²) in [5.41, 5.74) is 22.5. The summed E-state index contributed by atoms with van der Waals surface area (Å²) in [5, 5.41) is 2.51. The van der Waals surface area contributed by atoms with Gasteiger partial charge in [-0.15, -0.1) is 0 Å². The van der Waals surface area contributed by atoms with Gasteiger partial charge in [0.2, 0.25) is 0 Å². The highest BCUT2D eigenvalue weighted by Crippen LogP contribution is 2.58. The first-order valence-electron chi connectivity index (χ1n) is 23.1. The molecule has 12 rings (SSSR count). The van der Waals surface area contributed by atoms with Crippen molar-refractivity contribution in [2.45, 2.75) is 57.8 Å². The van der Waals surface area contributed by atoms with E-state index in [2.05, 4.69) is 258 Å². The lowest BCUT2D eigenvalue weighted by Gasteiger charge is -2.43. The maximum atomic E-state index is 2.51. The van der Waals surface area contributed by atoms with Gasteiger partial charge in [-0.3, -0.25) is 0 Å². The predicted molar refractivity (Wildman–Crippen MR) is 276 cm³/mol. The second-order valence-corrected chi connectivity index (χ2v) is 19.9. The molecule has 0 N–H and O–H groups in total. The van der Waals surface area contributed by atoms with E-state index in [4.69, 9.17) is 0 Å². The Balaban J connectivity index is 0.858. The molecule has 0 spiro atoms. The molecule has 3 aliphatic rings. The Morgan fingerprint density at radius 3 is 1.57 bits per heavy atom. The maximum absolute atomic E-state index is 2.51. The lowest BCUT2D eigenvalue weighted by Crippen LogP contribution is -2.31. The second kappa shape index (κ2) is 14.3. The quantitative estimate of drug-likeness (QED) is 0.159. The molecule has 2 heterocycles. The summed E-state index contributed by atoms with van der Waals surface area (Å²) in [6.07, 6.45) is 4.53. The first kappa shape index (κ1) is 39.2. The molecule has 0 fully saturated rings. The smallest absolute Gasteiger partial charge is 0.0506 e. The van der Waals surface area contributed by atoms with Crippen molar-refractivity contribution in [1.29, 1.82) is 0 Å². The minimum Gasteiger partial charge on any atom is -0.310 e. The van der Waals surface area contributed by atoms with Gasteiger partial charge in [-0.1, -0.05) is 187 Å². The zero-order valence-corrected chi connectivity index (χ0v) is 38.0. The van der Waals surface area contributed by atoms with Crippen LogP contribution in [0.3, 0.4) is 0 Å². The maximum Gasteiger partial charge on any atom is 0.0506 e. The number of anilines is 6. The van der Waals surface area contributed by atoms with E-state index in [9.17, 15) is 0 Å². The Labute approximate surface area is 383 Å². The predicted octanol–water partition coefficient (Wildman–Crippen LogP) is 17.2. The van der Waals surface area contributed by atoms with Crippen molar-refractivity contribution in [3.05, 3.63) is 239 Å². The fourth-order valence-electron chi connectivity index (χ4n) is 11.4. The number of hydrogen-bond acceptors (Lipinski definition) is 2. The molecule has 0 saturated heterocycles. The molecule has 65 heavy (non-hydrogen) atoms. The Kier molecular flexibility index (Phi) is 8.62. The van der Waals surface area contributed by atoms with Crippen LogP contribution in [-0.4, -0.2) is 0 Å². The van der Waals surface area contributed by atoms with Crippen molar-refractivity contribution >= 4 is 57.0 Å². The lowest BCUT2D eigenvalue weighted by atomic mass is 9.71. The summed E-state index contributed by atoms with van der Waals surface area (Å²) in [4.78, 5) is 4.92. The normalized spacial score (nSPS) is 15.8. The van der Waals surface area contributed by atoms with Crippen molar-refractivity contribution in [3.63, 3.8) is 0 Å². The highest BCUT2D eigenvalue weighted by Gasteiger charge is 2.42. The average Bonchev–Trinajstić information content (AvgIpc) is 3.55. The summed E-state index contributed by atoms with van der Waals surface area (Å²) < 4.78 is 0. The molecule has 0 bridgehead atoms. The lowest BCUT2D eigenvalue weighted by molar-refractivity contribution is 0.627. The van der Waals surface area contributed by atoms with Crippen LogP contribution in [0.4, 0.5) is 34.1 Å². The molecular weight excluding hydrogens is 785 g/mol. The Morgan fingerprint density at radius 2 is 0.846 bits per heavy atom. The van der Waals surface area contributed by atoms with Crippen LogP contribution in [0.5, 0.6) is 0 Å². The van der Waals surface area contributed by atoms with Gasteiger partial charge in [-0.05, 0) is 138 Å². The van der Waals surface area contributed by atoms with E-state index in [0.29, 0.717) is 0 Å². The van der Waals surface area contributed by atoms with Gasteiger partial charge in [0.05, 0.1) is 22.7 Å². The van der Waals surface area contributed by atoms with Crippen LogP contribution in [0.25, 0.3) is 45.2 Å². The van der Waals surface area contributed by atoms with Gasteiger partial charge in [-0.25, -0.2) is 0 Å². The van der Waals surface area contributed by atoms with Gasteiger partial charge in [0.25, 0.3) is 0 Å². The zero-order valence-electron chi connectivity index (χ0n) is 38.0. The van der Waals surface area contributed by atoms with Gasteiger partial charge in [0, 0.05) is 27.6 Å². The molecule has 9 aromatic rings. The summed E-state index contributed by atoms with van der Waals surface area (Å²) >= 11 is 0. The fourth-order valence-corrected chi connectivity index (χ4v) is 11.4. The molecule has 1 aliphatic carbocycles. The van der Waals surface area contributed by atoms with Gasteiger partial charge in [0.15, 0.2) is 0 Å². The SMILES string of the molecule is CC1(C)c2cc(/C=C/c3ccc(-c4ccc5c(c4)C(C)(C)c4ccccc4N5c4ccccc4)cc3)ccc2-c2cc3c(cc21)N(c1ccc2ccccc2c1)c1ccccc1C3(C)C. The van der Waals surface area contributed by atoms with E-state index in [0.717, 1.165) is 0 Å². The first-order chi connectivity index (χ1) is 31.5. The second-order valence-electron chi connectivity index (χ2n) is 19.9. The third kappa shape index (κ3) is 6.00. The first-order valence-corrected chi connectivity index (χ1v) is 23.1. The molecule has 0 radical (unpaired) electrons. The Morgan fingerprint density at radius 1 is 0.308 bits per heavy atom. The van der Waals surface area contributed by atoms with E-state index in [-0.39, 0.29) is 16.2 Å². The fraction of sp³-hybridized carbons (Fsp3) is 0.143. The molecule has 2 aliphatic heterocycles. The van der Waals surface area contributed by atoms with Crippen LogP contribution < -0.4 is 9.80 Å². The van der Waals surface area contributed by atoms with Gasteiger partial charge in [-0.2, -0.15) is 0 Å². The van der Waals surface area contributed by atoms with E-state index in [1.807, 2.05) is 0 Å². The molecular formula is C63H52N2. The molecule has 314 valence electrons. The van der Waals surface area contributed by atoms with E-state index < -0.39 is 0 Å². The van der Waals surface area contributed by atoms with Gasteiger partial charge >= 0.3 is 0 Å². The van der Waals surface area contributed by atoms with Crippen LogP contribution in [0, 0.1) is 0 Å². The third-order valence-corrected chi connectivity index (χ3v) is 15.0. The van der Waals surface area contributed by atoms with Crippen molar-refractivity contribution in [1.82, 2.24) is 0 Å². The number of fused-ring (bicyclic) bond motifs is 8. The van der Waals surface area contributed by atoms with Crippen LogP contribution >= 0.6 is 0 Å². The molecule has 2 nitrogen and oxygen atoms in total. The minimum atomic E-state index is -0.176. The number of hydrogen-bond donors (Lipinski definition) is 0. The van der Waals surface area contributed by atoms with Gasteiger partial charge < -0.3 is 9.80 Å². The summed E-state index contributed by atoms with van der Waals surface area (Å²) in [5.74, 6) is 0.